The summed E-state index contributed by atoms with van der Waals surface area (Å²) in [6.07, 6.45) is 0. The molecule has 0 atom stereocenters. The van der Waals surface area contributed by atoms with Crippen LogP contribution in [0.2, 0.25) is 0 Å². The van der Waals surface area contributed by atoms with Gasteiger partial charge in [-0.2, -0.15) is 0 Å². The van der Waals surface area contributed by atoms with Gasteiger partial charge < -0.3 is 10.2 Å². The summed E-state index contributed by atoms with van der Waals surface area (Å²) in [6, 6.07) is 9.38. The van der Waals surface area contributed by atoms with Crippen molar-refractivity contribution in [1.29, 1.82) is 0 Å². The average Bonchev–Trinajstić information content (AvgIpc) is 2.77. The summed E-state index contributed by atoms with van der Waals surface area (Å²) in [5.41, 5.74) is 0.575. The second-order valence-corrected chi connectivity index (χ2v) is 6.55. The van der Waals surface area contributed by atoms with Gasteiger partial charge in [0.05, 0.1) is 10.3 Å². The van der Waals surface area contributed by atoms with Gasteiger partial charge in [-0.25, -0.2) is 9.18 Å². The molecule has 0 aliphatic heterocycles. The van der Waals surface area contributed by atoms with Gasteiger partial charge >= 0.3 is 6.03 Å². The maximum Gasteiger partial charge on any atom is 0.321 e. The van der Waals surface area contributed by atoms with E-state index in [0.29, 0.717) is 12.2 Å². The minimum Gasteiger partial charge on any atom is -0.322 e. The van der Waals surface area contributed by atoms with Gasteiger partial charge in [-0.3, -0.25) is 0 Å². The number of benzene rings is 1. The van der Waals surface area contributed by atoms with E-state index < -0.39 is 0 Å². The lowest BCUT2D eigenvalue weighted by Crippen LogP contribution is -2.30. The first-order valence-corrected chi connectivity index (χ1v) is 7.17. The van der Waals surface area contributed by atoms with Crippen molar-refractivity contribution in [3.05, 3.63) is 50.9 Å². The minimum atomic E-state index is -0.324. The SMILES string of the molecule is CN(Cc1ccc(Br)s1)C(=O)Nc1ccc(F)cc1. The third kappa shape index (κ3) is 4.04. The Morgan fingerprint density at radius 3 is 2.58 bits per heavy atom. The highest BCUT2D eigenvalue weighted by atomic mass is 79.9. The summed E-state index contributed by atoms with van der Waals surface area (Å²) < 4.78 is 13.8. The van der Waals surface area contributed by atoms with Crippen LogP contribution in [0.15, 0.2) is 40.2 Å². The molecular weight excluding hydrogens is 331 g/mol. The molecule has 19 heavy (non-hydrogen) atoms. The Labute approximate surface area is 123 Å². The minimum absolute atomic E-state index is 0.226. The standard InChI is InChI=1S/C13H12BrFN2OS/c1-17(8-11-6-7-12(14)19-11)13(18)16-10-4-2-9(15)3-5-10/h2-7H,8H2,1H3,(H,16,18). The van der Waals surface area contributed by atoms with Crippen LogP contribution in [-0.2, 0) is 6.54 Å². The fraction of sp³-hybridized carbons (Fsp3) is 0.154. The molecule has 0 aliphatic rings. The first kappa shape index (κ1) is 14.0. The molecule has 0 spiro atoms. The molecule has 6 heteroatoms. The summed E-state index contributed by atoms with van der Waals surface area (Å²) >= 11 is 4.97. The lowest BCUT2D eigenvalue weighted by atomic mass is 10.3. The number of nitrogens with one attached hydrogen (secondary N) is 1. The fourth-order valence-electron chi connectivity index (χ4n) is 1.49. The van der Waals surface area contributed by atoms with Crippen molar-refractivity contribution in [2.75, 3.05) is 12.4 Å². The zero-order valence-corrected chi connectivity index (χ0v) is 12.6. The van der Waals surface area contributed by atoms with E-state index in [2.05, 4.69) is 21.2 Å². The van der Waals surface area contributed by atoms with Crippen molar-refractivity contribution >= 4 is 39.0 Å². The van der Waals surface area contributed by atoms with Crippen LogP contribution < -0.4 is 5.32 Å². The molecule has 1 heterocycles. The van der Waals surface area contributed by atoms with Gasteiger partial charge in [0.1, 0.15) is 5.82 Å². The van der Waals surface area contributed by atoms with Gasteiger partial charge in [0.2, 0.25) is 0 Å². The van der Waals surface area contributed by atoms with Crippen LogP contribution in [0.3, 0.4) is 0 Å². The number of carbonyl (C=O) groups is 1. The Morgan fingerprint density at radius 2 is 2.00 bits per heavy atom. The molecule has 0 unspecified atom stereocenters. The second-order valence-electron chi connectivity index (χ2n) is 4.00. The smallest absolute Gasteiger partial charge is 0.321 e. The van der Waals surface area contributed by atoms with Crippen molar-refractivity contribution in [2.45, 2.75) is 6.54 Å². The molecule has 0 aliphatic carbocycles. The highest BCUT2D eigenvalue weighted by Crippen LogP contribution is 2.23. The third-order valence-electron chi connectivity index (χ3n) is 2.46. The molecule has 1 N–H and O–H groups in total. The van der Waals surface area contributed by atoms with Crippen molar-refractivity contribution in [2.24, 2.45) is 0 Å². The van der Waals surface area contributed by atoms with Crippen LogP contribution >= 0.6 is 27.3 Å². The molecule has 100 valence electrons. The zero-order chi connectivity index (χ0) is 13.8. The molecule has 2 aromatic rings. The number of thiophene rings is 1. The molecule has 3 nitrogen and oxygen atoms in total. The number of halogens is 2. The van der Waals surface area contributed by atoms with Gasteiger partial charge in [-0.05, 0) is 52.3 Å². The van der Waals surface area contributed by atoms with Gasteiger partial charge in [0.15, 0.2) is 0 Å². The molecule has 1 aromatic heterocycles. The molecular formula is C13H12BrFN2OS. The molecule has 0 bridgehead atoms. The molecule has 1 aromatic carbocycles. The third-order valence-corrected chi connectivity index (χ3v) is 4.07. The van der Waals surface area contributed by atoms with Crippen LogP contribution in [0.1, 0.15) is 4.88 Å². The summed E-state index contributed by atoms with van der Waals surface area (Å²) in [5, 5.41) is 2.71. The Kier molecular flexibility index (Phi) is 4.55. The normalized spacial score (nSPS) is 10.3. The van der Waals surface area contributed by atoms with Crippen molar-refractivity contribution in [3.8, 4) is 0 Å². The molecule has 2 amide bonds. The maximum atomic E-state index is 12.7. The van der Waals surface area contributed by atoms with E-state index in [9.17, 15) is 9.18 Å². The highest BCUT2D eigenvalue weighted by molar-refractivity contribution is 9.11. The summed E-state index contributed by atoms with van der Waals surface area (Å²) in [4.78, 5) is 14.6. The number of carbonyl (C=O) groups excluding carboxylic acids is 1. The summed E-state index contributed by atoms with van der Waals surface area (Å²) in [5.74, 6) is -0.324. The number of urea groups is 1. The number of hydrogen-bond donors (Lipinski definition) is 1. The largest absolute Gasteiger partial charge is 0.322 e. The lowest BCUT2D eigenvalue weighted by Gasteiger charge is -2.17. The van der Waals surface area contributed by atoms with Gasteiger partial charge in [-0.1, -0.05) is 0 Å². The Bertz CT molecular complexity index is 570. The molecule has 2 rings (SSSR count). The molecule has 0 saturated heterocycles. The van der Waals surface area contributed by atoms with E-state index in [1.54, 1.807) is 23.3 Å². The number of anilines is 1. The van der Waals surface area contributed by atoms with Crippen LogP contribution in [0, 0.1) is 5.82 Å². The van der Waals surface area contributed by atoms with Crippen LogP contribution in [0.25, 0.3) is 0 Å². The van der Waals surface area contributed by atoms with E-state index in [-0.39, 0.29) is 11.8 Å². The maximum absolute atomic E-state index is 12.7. The van der Waals surface area contributed by atoms with Gasteiger partial charge in [0, 0.05) is 17.6 Å². The molecule has 0 saturated carbocycles. The van der Waals surface area contributed by atoms with Crippen LogP contribution in [0.4, 0.5) is 14.9 Å². The fourth-order valence-corrected chi connectivity index (χ4v) is 3.03. The van der Waals surface area contributed by atoms with Gasteiger partial charge in [0.25, 0.3) is 0 Å². The van der Waals surface area contributed by atoms with E-state index in [4.69, 9.17) is 0 Å². The number of amides is 2. The monoisotopic (exact) mass is 342 g/mol. The Balaban J connectivity index is 1.94. The first-order chi connectivity index (χ1) is 9.04. The topological polar surface area (TPSA) is 32.3 Å². The summed E-state index contributed by atoms with van der Waals surface area (Å²) in [7, 11) is 1.71. The summed E-state index contributed by atoms with van der Waals surface area (Å²) in [6.45, 7) is 0.531. The Hall–Kier alpha value is -1.40. The van der Waals surface area contributed by atoms with Crippen LogP contribution in [-0.4, -0.2) is 18.0 Å². The second kappa shape index (κ2) is 6.16. The lowest BCUT2D eigenvalue weighted by molar-refractivity contribution is 0.221. The number of nitrogens with zero attached hydrogens (tertiary/aromatic N) is 1. The quantitative estimate of drug-likeness (QED) is 0.885. The predicted octanol–water partition coefficient (Wildman–Crippen LogP) is 4.31. The van der Waals surface area contributed by atoms with E-state index in [0.717, 1.165) is 8.66 Å². The van der Waals surface area contributed by atoms with E-state index >= 15 is 0 Å². The highest BCUT2D eigenvalue weighted by Gasteiger charge is 2.10. The van der Waals surface area contributed by atoms with Crippen LogP contribution in [0.5, 0.6) is 0 Å². The molecule has 0 radical (unpaired) electrons. The zero-order valence-electron chi connectivity index (χ0n) is 10.2. The van der Waals surface area contributed by atoms with E-state index in [1.807, 2.05) is 12.1 Å². The molecule has 0 fully saturated rings. The number of rotatable bonds is 3. The van der Waals surface area contributed by atoms with Crippen molar-refractivity contribution in [3.63, 3.8) is 0 Å². The van der Waals surface area contributed by atoms with Crippen molar-refractivity contribution in [1.82, 2.24) is 4.90 Å². The first-order valence-electron chi connectivity index (χ1n) is 5.56. The Morgan fingerprint density at radius 1 is 1.32 bits per heavy atom. The van der Waals surface area contributed by atoms with E-state index in [1.165, 1.54) is 24.3 Å². The van der Waals surface area contributed by atoms with Gasteiger partial charge in [-0.15, -0.1) is 11.3 Å². The number of hydrogen-bond acceptors (Lipinski definition) is 2. The average molecular weight is 343 g/mol. The van der Waals surface area contributed by atoms with Crippen molar-refractivity contribution < 1.29 is 9.18 Å². The predicted molar refractivity (Wildman–Crippen MR) is 78.9 cm³/mol.